The first-order valence-electron chi connectivity index (χ1n) is 12.8. The van der Waals surface area contributed by atoms with Crippen LogP contribution >= 0.6 is 0 Å². The zero-order valence-corrected chi connectivity index (χ0v) is 21.1. The van der Waals surface area contributed by atoms with Gasteiger partial charge in [-0.05, 0) is 80.3 Å². The molecule has 1 heterocycles. The number of aryl methyl sites for hydroxylation is 1. The van der Waals surface area contributed by atoms with Crippen molar-refractivity contribution in [3.8, 4) is 0 Å². The third-order valence-electron chi connectivity index (χ3n) is 7.12. The van der Waals surface area contributed by atoms with Gasteiger partial charge in [0.25, 0.3) is 5.91 Å². The van der Waals surface area contributed by atoms with Gasteiger partial charge in [0, 0.05) is 23.4 Å². The van der Waals surface area contributed by atoms with Gasteiger partial charge >= 0.3 is 0 Å². The minimum absolute atomic E-state index is 0.0775. The van der Waals surface area contributed by atoms with Crippen LogP contribution in [0.2, 0.25) is 0 Å². The molecule has 3 aromatic rings. The number of carbonyl (C=O) groups is 4. The first-order chi connectivity index (χ1) is 18.4. The molecule has 2 N–H and O–H groups in total. The van der Waals surface area contributed by atoms with Gasteiger partial charge in [0.05, 0.1) is 17.5 Å². The first kappa shape index (κ1) is 25.1. The van der Waals surface area contributed by atoms with E-state index in [-0.39, 0.29) is 35.5 Å². The molecule has 192 valence electrons. The number of hydrogen-bond donors (Lipinski definition) is 2. The highest BCUT2D eigenvalue weighted by Crippen LogP contribution is 2.39. The summed E-state index contributed by atoms with van der Waals surface area (Å²) < 4.78 is 0. The van der Waals surface area contributed by atoms with Crippen molar-refractivity contribution in [3.05, 3.63) is 102 Å². The summed E-state index contributed by atoms with van der Waals surface area (Å²) >= 11 is 0. The molecule has 0 saturated carbocycles. The summed E-state index contributed by atoms with van der Waals surface area (Å²) in [6, 6.07) is 23.2. The Morgan fingerprint density at radius 1 is 0.816 bits per heavy atom. The van der Waals surface area contributed by atoms with Crippen molar-refractivity contribution < 1.29 is 19.2 Å². The summed E-state index contributed by atoms with van der Waals surface area (Å²) in [5, 5.41) is 5.70. The van der Waals surface area contributed by atoms with Crippen molar-refractivity contribution in [2.45, 2.75) is 32.6 Å². The standard InChI is InChI=1S/C31H29N3O4/c1-20-7-17-26-27(19-20)31(38)34(30(26)37)25-15-9-22(10-16-25)29(36)33-24-13-11-23(12-14-24)32-28(35)18-8-21-5-3-2-4-6-21/h2-7,9-16,26-27H,8,17-19H2,1H3,(H,32,35)(H,33,36)/t26-,27-/m1/s1. The molecule has 1 aliphatic carbocycles. The zero-order valence-electron chi connectivity index (χ0n) is 21.1. The van der Waals surface area contributed by atoms with Crippen LogP contribution < -0.4 is 15.5 Å². The normalized spacial score (nSPS) is 18.6. The number of imide groups is 1. The Morgan fingerprint density at radius 3 is 2.13 bits per heavy atom. The van der Waals surface area contributed by atoms with Crippen LogP contribution in [-0.4, -0.2) is 23.6 Å². The molecular formula is C31H29N3O4. The molecule has 2 aliphatic rings. The topological polar surface area (TPSA) is 95.6 Å². The maximum absolute atomic E-state index is 12.9. The van der Waals surface area contributed by atoms with Crippen LogP contribution in [0.4, 0.5) is 17.1 Å². The van der Waals surface area contributed by atoms with Crippen LogP contribution in [0.15, 0.2) is 90.5 Å². The lowest BCUT2D eigenvalue weighted by molar-refractivity contribution is -0.122. The molecule has 3 aromatic carbocycles. The van der Waals surface area contributed by atoms with Crippen molar-refractivity contribution >= 4 is 40.7 Å². The summed E-state index contributed by atoms with van der Waals surface area (Å²) in [7, 11) is 0. The Hall–Kier alpha value is -4.52. The second kappa shape index (κ2) is 10.8. The lowest BCUT2D eigenvalue weighted by atomic mass is 9.82. The number of nitrogens with one attached hydrogen (secondary N) is 2. The SMILES string of the molecule is CC1=CC[C@H]2C(=O)N(c3ccc(C(=O)Nc4ccc(NC(=O)CCc5ccccc5)cc4)cc3)C(=O)[C@@H]2C1. The molecule has 5 rings (SSSR count). The molecule has 7 nitrogen and oxygen atoms in total. The van der Waals surface area contributed by atoms with Crippen molar-refractivity contribution in [1.82, 2.24) is 0 Å². The van der Waals surface area contributed by atoms with Crippen LogP contribution in [0.5, 0.6) is 0 Å². The molecule has 0 unspecified atom stereocenters. The van der Waals surface area contributed by atoms with E-state index in [2.05, 4.69) is 10.6 Å². The van der Waals surface area contributed by atoms with Gasteiger partial charge in [-0.15, -0.1) is 0 Å². The van der Waals surface area contributed by atoms with Crippen molar-refractivity contribution in [2.24, 2.45) is 11.8 Å². The Labute approximate surface area is 221 Å². The Bertz CT molecular complexity index is 1400. The summed E-state index contributed by atoms with van der Waals surface area (Å²) in [5.41, 5.74) is 4.36. The third-order valence-corrected chi connectivity index (χ3v) is 7.12. The molecule has 1 aliphatic heterocycles. The van der Waals surface area contributed by atoms with E-state index in [1.807, 2.05) is 43.3 Å². The molecule has 2 atom stereocenters. The van der Waals surface area contributed by atoms with Gasteiger partial charge in [-0.2, -0.15) is 0 Å². The van der Waals surface area contributed by atoms with Crippen LogP contribution in [0.1, 0.15) is 42.1 Å². The van der Waals surface area contributed by atoms with Crippen LogP contribution in [0.25, 0.3) is 0 Å². The highest BCUT2D eigenvalue weighted by Gasteiger charge is 2.48. The monoisotopic (exact) mass is 507 g/mol. The van der Waals surface area contributed by atoms with E-state index in [9.17, 15) is 19.2 Å². The van der Waals surface area contributed by atoms with Gasteiger partial charge in [-0.1, -0.05) is 42.0 Å². The lowest BCUT2D eigenvalue weighted by Gasteiger charge is -2.18. The number of fused-ring (bicyclic) bond motifs is 1. The average molecular weight is 508 g/mol. The predicted molar refractivity (Wildman–Crippen MR) is 147 cm³/mol. The van der Waals surface area contributed by atoms with E-state index in [1.54, 1.807) is 48.5 Å². The van der Waals surface area contributed by atoms with Crippen LogP contribution in [0.3, 0.4) is 0 Å². The lowest BCUT2D eigenvalue weighted by Crippen LogP contribution is -2.30. The van der Waals surface area contributed by atoms with E-state index in [1.165, 1.54) is 4.90 Å². The Kier molecular flexibility index (Phi) is 7.18. The zero-order chi connectivity index (χ0) is 26.6. The van der Waals surface area contributed by atoms with Gasteiger partial charge in [0.2, 0.25) is 17.7 Å². The number of hydrogen-bond acceptors (Lipinski definition) is 4. The van der Waals surface area contributed by atoms with E-state index < -0.39 is 0 Å². The number of rotatable bonds is 7. The minimum atomic E-state index is -0.316. The molecular weight excluding hydrogens is 478 g/mol. The number of allylic oxidation sites excluding steroid dienone is 2. The summed E-state index contributed by atoms with van der Waals surface area (Å²) in [4.78, 5) is 52.1. The van der Waals surface area contributed by atoms with E-state index in [4.69, 9.17) is 0 Å². The molecule has 38 heavy (non-hydrogen) atoms. The number of amides is 4. The molecule has 1 fully saturated rings. The van der Waals surface area contributed by atoms with Gasteiger partial charge in [0.1, 0.15) is 0 Å². The van der Waals surface area contributed by atoms with Crippen molar-refractivity contribution in [1.29, 1.82) is 0 Å². The van der Waals surface area contributed by atoms with Crippen molar-refractivity contribution in [2.75, 3.05) is 15.5 Å². The summed E-state index contributed by atoms with van der Waals surface area (Å²) in [6.07, 6.45) is 4.29. The summed E-state index contributed by atoms with van der Waals surface area (Å²) in [6.45, 7) is 1.99. The fourth-order valence-electron chi connectivity index (χ4n) is 5.02. The molecule has 4 amide bonds. The highest BCUT2D eigenvalue weighted by atomic mass is 16.2. The maximum atomic E-state index is 12.9. The second-order valence-corrected chi connectivity index (χ2v) is 9.83. The van der Waals surface area contributed by atoms with Gasteiger partial charge in [0.15, 0.2) is 0 Å². The molecule has 0 aromatic heterocycles. The molecule has 0 bridgehead atoms. The molecule has 0 spiro atoms. The molecule has 0 radical (unpaired) electrons. The van der Waals surface area contributed by atoms with Crippen molar-refractivity contribution in [3.63, 3.8) is 0 Å². The van der Waals surface area contributed by atoms with Gasteiger partial charge < -0.3 is 10.6 Å². The average Bonchev–Trinajstić information content (AvgIpc) is 3.18. The number of benzene rings is 3. The number of nitrogens with zero attached hydrogens (tertiary/aromatic N) is 1. The minimum Gasteiger partial charge on any atom is -0.326 e. The maximum Gasteiger partial charge on any atom is 0.255 e. The Balaban J connectivity index is 1.16. The first-order valence-corrected chi connectivity index (χ1v) is 12.8. The Morgan fingerprint density at radius 2 is 1.45 bits per heavy atom. The smallest absolute Gasteiger partial charge is 0.255 e. The van der Waals surface area contributed by atoms with E-state index in [0.29, 0.717) is 48.3 Å². The molecule has 7 heteroatoms. The highest BCUT2D eigenvalue weighted by molar-refractivity contribution is 6.22. The van der Waals surface area contributed by atoms with Gasteiger partial charge in [-0.3, -0.25) is 24.1 Å². The summed E-state index contributed by atoms with van der Waals surface area (Å²) in [5.74, 6) is -1.34. The second-order valence-electron chi connectivity index (χ2n) is 9.83. The molecule has 1 saturated heterocycles. The number of carbonyl (C=O) groups excluding carboxylic acids is 4. The predicted octanol–water partition coefficient (Wildman–Crippen LogP) is 5.36. The van der Waals surface area contributed by atoms with Crippen LogP contribution in [-0.2, 0) is 20.8 Å². The fourth-order valence-corrected chi connectivity index (χ4v) is 5.02. The largest absolute Gasteiger partial charge is 0.326 e. The third kappa shape index (κ3) is 5.42. The van der Waals surface area contributed by atoms with E-state index >= 15 is 0 Å². The number of anilines is 3. The quantitative estimate of drug-likeness (QED) is 0.333. The van der Waals surface area contributed by atoms with Gasteiger partial charge in [-0.25, -0.2) is 0 Å². The van der Waals surface area contributed by atoms with Crippen LogP contribution in [0, 0.1) is 11.8 Å². The fraction of sp³-hybridized carbons (Fsp3) is 0.226. The van der Waals surface area contributed by atoms with E-state index in [0.717, 1.165) is 11.1 Å².